The number of rotatable bonds is 7. The first-order valence-corrected chi connectivity index (χ1v) is 10.1. The zero-order valence-corrected chi connectivity index (χ0v) is 17.3. The van der Waals surface area contributed by atoms with Crippen molar-refractivity contribution < 1.29 is 23.5 Å². The van der Waals surface area contributed by atoms with E-state index < -0.39 is 29.0 Å². The van der Waals surface area contributed by atoms with Gasteiger partial charge in [-0.1, -0.05) is 24.3 Å². The van der Waals surface area contributed by atoms with Gasteiger partial charge in [-0.25, -0.2) is 4.39 Å². The van der Waals surface area contributed by atoms with Crippen LogP contribution in [0.15, 0.2) is 53.4 Å². The molecule has 1 N–H and O–H groups in total. The number of nitrogens with one attached hydrogen (secondary N) is 1. The van der Waals surface area contributed by atoms with Crippen LogP contribution in [0.1, 0.15) is 18.1 Å². The van der Waals surface area contributed by atoms with Crippen LogP contribution in [0.4, 0.5) is 9.18 Å². The van der Waals surface area contributed by atoms with E-state index in [1.807, 2.05) is 6.07 Å². The Morgan fingerprint density at radius 1 is 1.29 bits per heavy atom. The lowest BCUT2D eigenvalue weighted by atomic mass is 10.2. The number of benzene rings is 2. The predicted molar refractivity (Wildman–Crippen MR) is 113 cm³/mol. The van der Waals surface area contributed by atoms with Gasteiger partial charge in [0.15, 0.2) is 6.10 Å². The van der Waals surface area contributed by atoms with Gasteiger partial charge in [-0.2, -0.15) is 5.26 Å². The molecule has 31 heavy (non-hydrogen) atoms. The topological polar surface area (TPSA) is 99.5 Å². The molecule has 0 radical (unpaired) electrons. The molecule has 1 atom stereocenters. The Labute approximate surface area is 182 Å². The van der Waals surface area contributed by atoms with Gasteiger partial charge in [0.05, 0.1) is 16.5 Å². The molecule has 1 unspecified atom stereocenters. The number of nitriles is 1. The number of imide groups is 1. The van der Waals surface area contributed by atoms with Crippen molar-refractivity contribution in [3.8, 4) is 11.8 Å². The molecule has 1 heterocycles. The second-order valence-electron chi connectivity index (χ2n) is 6.55. The SMILES string of the molecule is CC(Oc1cccc(C#N)c1)C(=O)NCCN1C(=O)S/C(=C\c2ccccc2F)C1=O. The summed E-state index contributed by atoms with van der Waals surface area (Å²) in [6.45, 7) is 1.56. The molecule has 1 aliphatic heterocycles. The third-order valence-corrected chi connectivity index (χ3v) is 5.25. The summed E-state index contributed by atoms with van der Waals surface area (Å²) >= 11 is 0.724. The molecule has 1 saturated heterocycles. The highest BCUT2D eigenvalue weighted by molar-refractivity contribution is 8.18. The summed E-state index contributed by atoms with van der Waals surface area (Å²) in [7, 11) is 0. The van der Waals surface area contributed by atoms with Gasteiger partial charge in [0.2, 0.25) is 0 Å². The van der Waals surface area contributed by atoms with Gasteiger partial charge in [-0.3, -0.25) is 19.3 Å². The standard InChI is InChI=1S/C22H18FN3O4S/c1-14(30-17-7-4-5-15(11-17)13-24)20(27)25-9-10-26-21(28)19(31-22(26)29)12-16-6-2-3-8-18(16)23/h2-8,11-12,14H,9-10H2,1H3,(H,25,27)/b19-12-. The van der Waals surface area contributed by atoms with Gasteiger partial charge < -0.3 is 10.1 Å². The largest absolute Gasteiger partial charge is 0.481 e. The molecule has 2 aromatic rings. The fraction of sp³-hybridized carbons (Fsp3) is 0.182. The second kappa shape index (κ2) is 9.91. The summed E-state index contributed by atoms with van der Waals surface area (Å²) in [5, 5.41) is 11.0. The van der Waals surface area contributed by atoms with Crippen LogP contribution in [-0.2, 0) is 9.59 Å². The highest BCUT2D eigenvalue weighted by Crippen LogP contribution is 2.32. The molecule has 0 spiro atoms. The van der Waals surface area contributed by atoms with Crippen LogP contribution in [0.5, 0.6) is 5.75 Å². The van der Waals surface area contributed by atoms with E-state index in [1.165, 1.54) is 30.3 Å². The molecule has 3 amide bonds. The van der Waals surface area contributed by atoms with Gasteiger partial charge in [0.1, 0.15) is 11.6 Å². The number of ether oxygens (including phenoxy) is 1. The maximum absolute atomic E-state index is 13.8. The molecule has 3 rings (SSSR count). The minimum absolute atomic E-state index is 0.0261. The lowest BCUT2D eigenvalue weighted by Crippen LogP contribution is -2.41. The molecule has 1 fully saturated rings. The zero-order chi connectivity index (χ0) is 22.4. The normalized spacial score (nSPS) is 15.6. The Balaban J connectivity index is 1.53. The van der Waals surface area contributed by atoms with Crippen molar-refractivity contribution in [1.29, 1.82) is 5.26 Å². The molecule has 0 aliphatic carbocycles. The van der Waals surface area contributed by atoms with Crippen LogP contribution < -0.4 is 10.1 Å². The Morgan fingerprint density at radius 3 is 2.81 bits per heavy atom. The highest BCUT2D eigenvalue weighted by atomic mass is 32.2. The molecule has 1 aliphatic rings. The summed E-state index contributed by atoms with van der Waals surface area (Å²) in [5.74, 6) is -1.08. The summed E-state index contributed by atoms with van der Waals surface area (Å²) in [6.07, 6.45) is 0.495. The van der Waals surface area contributed by atoms with E-state index >= 15 is 0 Å². The molecule has 0 bridgehead atoms. The minimum Gasteiger partial charge on any atom is -0.481 e. The maximum Gasteiger partial charge on any atom is 0.293 e. The maximum atomic E-state index is 13.8. The van der Waals surface area contributed by atoms with Crippen molar-refractivity contribution in [1.82, 2.24) is 10.2 Å². The second-order valence-corrected chi connectivity index (χ2v) is 7.54. The third kappa shape index (κ3) is 5.49. The number of nitrogens with zero attached hydrogens (tertiary/aromatic N) is 2. The number of carbonyl (C=O) groups excluding carboxylic acids is 3. The van der Waals surface area contributed by atoms with E-state index in [0.717, 1.165) is 16.7 Å². The Kier molecular flexibility index (Phi) is 7.05. The van der Waals surface area contributed by atoms with Gasteiger partial charge >= 0.3 is 0 Å². The number of thioether (sulfide) groups is 1. The van der Waals surface area contributed by atoms with Gasteiger partial charge in [-0.05, 0) is 49.0 Å². The van der Waals surface area contributed by atoms with E-state index in [9.17, 15) is 18.8 Å². The smallest absolute Gasteiger partial charge is 0.293 e. The van der Waals surface area contributed by atoms with Crippen LogP contribution in [0.25, 0.3) is 6.08 Å². The number of halogens is 1. The summed E-state index contributed by atoms with van der Waals surface area (Å²) in [5.41, 5.74) is 0.626. The monoisotopic (exact) mass is 439 g/mol. The average molecular weight is 439 g/mol. The van der Waals surface area contributed by atoms with E-state index in [-0.39, 0.29) is 23.6 Å². The molecular weight excluding hydrogens is 421 g/mol. The number of hydrogen-bond acceptors (Lipinski definition) is 6. The zero-order valence-electron chi connectivity index (χ0n) is 16.5. The summed E-state index contributed by atoms with van der Waals surface area (Å²) in [4.78, 5) is 38.0. The predicted octanol–water partition coefficient (Wildman–Crippen LogP) is 3.32. The third-order valence-electron chi connectivity index (χ3n) is 4.35. The molecule has 7 nitrogen and oxygen atoms in total. The van der Waals surface area contributed by atoms with E-state index in [1.54, 1.807) is 31.2 Å². The summed E-state index contributed by atoms with van der Waals surface area (Å²) < 4.78 is 19.3. The first-order valence-electron chi connectivity index (χ1n) is 9.33. The van der Waals surface area contributed by atoms with Crippen LogP contribution in [0.2, 0.25) is 0 Å². The van der Waals surface area contributed by atoms with Crippen LogP contribution in [-0.4, -0.2) is 41.1 Å². The molecule has 9 heteroatoms. The minimum atomic E-state index is -0.843. The van der Waals surface area contributed by atoms with Crippen molar-refractivity contribution >= 4 is 34.9 Å². The number of amides is 3. The Morgan fingerprint density at radius 2 is 2.06 bits per heavy atom. The number of hydrogen-bond donors (Lipinski definition) is 1. The molecule has 2 aromatic carbocycles. The van der Waals surface area contributed by atoms with Crippen molar-refractivity contribution in [3.05, 3.63) is 70.4 Å². The lowest BCUT2D eigenvalue weighted by molar-refractivity contribution is -0.128. The fourth-order valence-electron chi connectivity index (χ4n) is 2.76. The van der Waals surface area contributed by atoms with Gasteiger partial charge in [0.25, 0.3) is 17.1 Å². The molecular formula is C22H18FN3O4S. The quantitative estimate of drug-likeness (QED) is 0.665. The first kappa shape index (κ1) is 22.1. The van der Waals surface area contributed by atoms with E-state index in [2.05, 4.69) is 5.32 Å². The van der Waals surface area contributed by atoms with Crippen molar-refractivity contribution in [3.63, 3.8) is 0 Å². The van der Waals surface area contributed by atoms with Gasteiger partial charge in [0, 0.05) is 18.7 Å². The van der Waals surface area contributed by atoms with Crippen LogP contribution in [0.3, 0.4) is 0 Å². The van der Waals surface area contributed by atoms with Crippen molar-refractivity contribution in [2.45, 2.75) is 13.0 Å². The van der Waals surface area contributed by atoms with Crippen LogP contribution in [0, 0.1) is 17.1 Å². The average Bonchev–Trinajstić information content (AvgIpc) is 3.02. The Bertz CT molecular complexity index is 1100. The lowest BCUT2D eigenvalue weighted by Gasteiger charge is -2.16. The van der Waals surface area contributed by atoms with E-state index in [4.69, 9.17) is 10.00 Å². The van der Waals surface area contributed by atoms with E-state index in [0.29, 0.717) is 11.3 Å². The van der Waals surface area contributed by atoms with Crippen molar-refractivity contribution in [2.24, 2.45) is 0 Å². The van der Waals surface area contributed by atoms with Gasteiger partial charge in [-0.15, -0.1) is 0 Å². The molecule has 158 valence electrons. The summed E-state index contributed by atoms with van der Waals surface area (Å²) in [6, 6.07) is 14.4. The van der Waals surface area contributed by atoms with Crippen molar-refractivity contribution in [2.75, 3.05) is 13.1 Å². The van der Waals surface area contributed by atoms with Crippen LogP contribution >= 0.6 is 11.8 Å². The number of carbonyl (C=O) groups is 3. The molecule has 0 aromatic heterocycles. The fourth-order valence-corrected chi connectivity index (χ4v) is 3.61. The molecule has 0 saturated carbocycles. The first-order chi connectivity index (χ1) is 14.9. The Hall–Kier alpha value is -3.64. The highest BCUT2D eigenvalue weighted by Gasteiger charge is 2.35.